The van der Waals surface area contributed by atoms with Crippen LogP contribution in [0, 0.1) is 5.92 Å². The van der Waals surface area contributed by atoms with Gasteiger partial charge in [0.1, 0.15) is 0 Å². The number of piperidine rings is 1. The van der Waals surface area contributed by atoms with Crippen LogP contribution in [0.1, 0.15) is 45.2 Å². The number of rotatable bonds is 7. The predicted molar refractivity (Wildman–Crippen MR) is 98.0 cm³/mol. The average molecular weight is 352 g/mol. The van der Waals surface area contributed by atoms with Gasteiger partial charge in [-0.3, -0.25) is 14.5 Å². The van der Waals surface area contributed by atoms with Crippen LogP contribution in [0.5, 0.6) is 0 Å². The summed E-state index contributed by atoms with van der Waals surface area (Å²) in [4.78, 5) is 28.3. The molecule has 1 aromatic heterocycles. The summed E-state index contributed by atoms with van der Waals surface area (Å²) in [5.41, 5.74) is 1.26. The zero-order valence-electron chi connectivity index (χ0n) is 15.0. The molecule has 2 heterocycles. The summed E-state index contributed by atoms with van der Waals surface area (Å²) in [6.07, 6.45) is 1.77. The van der Waals surface area contributed by atoms with Gasteiger partial charge in [0.25, 0.3) is 0 Å². The van der Waals surface area contributed by atoms with Crippen LogP contribution in [0.25, 0.3) is 0 Å². The Hall–Kier alpha value is -1.40. The minimum atomic E-state index is -0.0810. The number of likely N-dealkylation sites (N-methyl/N-ethyl adjacent to an activating group) is 1. The highest BCUT2D eigenvalue weighted by Crippen LogP contribution is 2.23. The van der Waals surface area contributed by atoms with Gasteiger partial charge in [-0.05, 0) is 48.3 Å². The number of carbonyl (C=O) groups is 2. The highest BCUT2D eigenvalue weighted by atomic mass is 32.1. The van der Waals surface area contributed by atoms with Crippen molar-refractivity contribution in [3.63, 3.8) is 0 Å². The second-order valence-electron chi connectivity index (χ2n) is 6.34. The minimum absolute atomic E-state index is 0.0618. The van der Waals surface area contributed by atoms with E-state index in [9.17, 15) is 9.59 Å². The van der Waals surface area contributed by atoms with E-state index in [4.69, 9.17) is 0 Å². The molecule has 2 amide bonds. The molecule has 5 nitrogen and oxygen atoms in total. The topological polar surface area (TPSA) is 52.7 Å². The Labute approximate surface area is 149 Å². The number of nitrogens with one attached hydrogen (secondary N) is 1. The van der Waals surface area contributed by atoms with E-state index < -0.39 is 0 Å². The number of carbonyl (C=O) groups excluding carboxylic acids is 2. The van der Waals surface area contributed by atoms with Gasteiger partial charge < -0.3 is 10.2 Å². The fraction of sp³-hybridized carbons (Fsp3) is 0.667. The molecule has 0 aliphatic carbocycles. The fourth-order valence-electron chi connectivity index (χ4n) is 3.41. The maximum Gasteiger partial charge on any atom is 0.224 e. The van der Waals surface area contributed by atoms with Crippen molar-refractivity contribution in [1.82, 2.24) is 15.1 Å². The average Bonchev–Trinajstić information content (AvgIpc) is 3.12. The van der Waals surface area contributed by atoms with Gasteiger partial charge in [0.05, 0.1) is 12.0 Å². The second-order valence-corrected chi connectivity index (χ2v) is 7.12. The smallest absolute Gasteiger partial charge is 0.224 e. The highest BCUT2D eigenvalue weighted by Gasteiger charge is 2.28. The van der Waals surface area contributed by atoms with Gasteiger partial charge in [-0.25, -0.2) is 0 Å². The van der Waals surface area contributed by atoms with Crippen LogP contribution in [0.4, 0.5) is 0 Å². The van der Waals surface area contributed by atoms with Crippen LogP contribution in [0.3, 0.4) is 0 Å². The third-order valence-electron chi connectivity index (χ3n) is 4.89. The van der Waals surface area contributed by atoms with E-state index in [1.807, 2.05) is 0 Å². The predicted octanol–water partition coefficient (Wildman–Crippen LogP) is 2.51. The Kier molecular flexibility index (Phi) is 7.24. The molecule has 0 saturated carbocycles. The lowest BCUT2D eigenvalue weighted by atomic mass is 9.97. The zero-order valence-corrected chi connectivity index (χ0v) is 15.8. The number of likely N-dealkylation sites (tertiary alicyclic amines) is 1. The first-order valence-electron chi connectivity index (χ1n) is 8.86. The molecule has 2 atom stereocenters. The van der Waals surface area contributed by atoms with Gasteiger partial charge in [0.2, 0.25) is 11.8 Å². The number of nitrogens with zero attached hydrogens (tertiary/aromatic N) is 2. The van der Waals surface area contributed by atoms with E-state index in [0.29, 0.717) is 13.1 Å². The van der Waals surface area contributed by atoms with E-state index in [-0.39, 0.29) is 23.8 Å². The molecule has 0 bridgehead atoms. The number of hydrogen-bond donors (Lipinski definition) is 1. The molecule has 134 valence electrons. The first-order chi connectivity index (χ1) is 11.6. The third-order valence-corrected chi connectivity index (χ3v) is 5.59. The summed E-state index contributed by atoms with van der Waals surface area (Å²) in [5.74, 6) is 0.0580. The molecule has 1 aliphatic rings. The molecule has 1 aromatic rings. The summed E-state index contributed by atoms with van der Waals surface area (Å²) in [7, 11) is 0. The molecule has 1 fully saturated rings. The molecule has 1 N–H and O–H groups in total. The molecule has 1 aliphatic heterocycles. The Balaban J connectivity index is 1.95. The minimum Gasteiger partial charge on any atom is -0.354 e. The molecule has 0 aromatic carbocycles. The maximum absolute atomic E-state index is 12.6. The molecule has 24 heavy (non-hydrogen) atoms. The van der Waals surface area contributed by atoms with Gasteiger partial charge in [-0.2, -0.15) is 11.3 Å². The van der Waals surface area contributed by atoms with Crippen molar-refractivity contribution in [2.45, 2.75) is 39.7 Å². The molecular formula is C18H29N3O2S. The van der Waals surface area contributed by atoms with Crippen molar-refractivity contribution in [2.24, 2.45) is 5.92 Å². The quantitative estimate of drug-likeness (QED) is 0.821. The Bertz CT molecular complexity index is 528. The molecule has 0 spiro atoms. The maximum atomic E-state index is 12.6. The number of thiophene rings is 1. The summed E-state index contributed by atoms with van der Waals surface area (Å²) in [5, 5.41) is 7.38. The Morgan fingerprint density at radius 3 is 2.75 bits per heavy atom. The van der Waals surface area contributed by atoms with Gasteiger partial charge >= 0.3 is 0 Å². The zero-order chi connectivity index (χ0) is 17.5. The van der Waals surface area contributed by atoms with Crippen molar-refractivity contribution in [1.29, 1.82) is 0 Å². The van der Waals surface area contributed by atoms with Gasteiger partial charge in [0.15, 0.2) is 0 Å². The monoisotopic (exact) mass is 351 g/mol. The van der Waals surface area contributed by atoms with Crippen LogP contribution in [0.15, 0.2) is 16.8 Å². The van der Waals surface area contributed by atoms with Crippen LogP contribution in [-0.4, -0.2) is 54.3 Å². The fourth-order valence-corrected chi connectivity index (χ4v) is 4.11. The first kappa shape index (κ1) is 18.9. The number of hydrogen-bond acceptors (Lipinski definition) is 4. The molecule has 6 heteroatoms. The Morgan fingerprint density at radius 1 is 1.42 bits per heavy atom. The molecular weight excluding hydrogens is 322 g/mol. The van der Waals surface area contributed by atoms with Crippen molar-refractivity contribution in [3.8, 4) is 0 Å². The third kappa shape index (κ3) is 4.80. The standard InChI is InChI=1S/C18H29N3O2S/c1-4-20(5-2)17(16-8-10-24-13-16)11-19-18(23)15-7-6-9-21(12-15)14(3)22/h8,10,13,15,17H,4-7,9,11-12H2,1-3H3,(H,19,23)/t15-,17-/m0/s1. The molecule has 1 saturated heterocycles. The first-order valence-corrected chi connectivity index (χ1v) is 9.80. The largest absolute Gasteiger partial charge is 0.354 e. The van der Waals surface area contributed by atoms with Crippen LogP contribution < -0.4 is 5.32 Å². The van der Waals surface area contributed by atoms with Crippen LogP contribution in [-0.2, 0) is 9.59 Å². The van der Waals surface area contributed by atoms with Crippen molar-refractivity contribution < 1.29 is 9.59 Å². The van der Waals surface area contributed by atoms with E-state index in [1.165, 1.54) is 5.56 Å². The lowest BCUT2D eigenvalue weighted by Gasteiger charge is -2.33. The van der Waals surface area contributed by atoms with E-state index in [2.05, 4.69) is 40.9 Å². The van der Waals surface area contributed by atoms with Crippen molar-refractivity contribution >= 4 is 23.2 Å². The van der Waals surface area contributed by atoms with Crippen LogP contribution >= 0.6 is 11.3 Å². The van der Waals surface area contributed by atoms with Crippen molar-refractivity contribution in [3.05, 3.63) is 22.4 Å². The number of amides is 2. The molecule has 2 rings (SSSR count). The Morgan fingerprint density at radius 2 is 2.17 bits per heavy atom. The highest BCUT2D eigenvalue weighted by molar-refractivity contribution is 7.07. The summed E-state index contributed by atoms with van der Waals surface area (Å²) in [6, 6.07) is 2.35. The van der Waals surface area contributed by atoms with Crippen LogP contribution in [0.2, 0.25) is 0 Å². The molecule has 0 radical (unpaired) electrons. The summed E-state index contributed by atoms with van der Waals surface area (Å²) >= 11 is 1.69. The van der Waals surface area contributed by atoms with Gasteiger partial charge in [-0.1, -0.05) is 13.8 Å². The van der Waals surface area contributed by atoms with Gasteiger partial charge in [0, 0.05) is 26.6 Å². The SMILES string of the molecule is CCN(CC)[C@@H](CNC(=O)[C@H]1CCCN(C(C)=O)C1)c1ccsc1. The normalized spacial score (nSPS) is 19.3. The second kappa shape index (κ2) is 9.18. The van der Waals surface area contributed by atoms with Crippen molar-refractivity contribution in [2.75, 3.05) is 32.7 Å². The summed E-state index contributed by atoms with van der Waals surface area (Å²) in [6.45, 7) is 9.72. The summed E-state index contributed by atoms with van der Waals surface area (Å²) < 4.78 is 0. The van der Waals surface area contributed by atoms with Gasteiger partial charge in [-0.15, -0.1) is 0 Å². The lowest BCUT2D eigenvalue weighted by molar-refractivity contribution is -0.134. The van der Waals surface area contributed by atoms with E-state index in [0.717, 1.165) is 32.5 Å². The van der Waals surface area contributed by atoms with E-state index >= 15 is 0 Å². The molecule has 0 unspecified atom stereocenters. The lowest BCUT2D eigenvalue weighted by Crippen LogP contribution is -2.46. The van der Waals surface area contributed by atoms with E-state index in [1.54, 1.807) is 23.2 Å².